The Kier molecular flexibility index (Phi) is 5.22. The monoisotopic (exact) mass is 308 g/mol. The molecular weight excluding hydrogens is 284 g/mol. The first-order chi connectivity index (χ1) is 10.3. The number of amides is 1. The molecule has 2 aliphatic heterocycles. The van der Waals surface area contributed by atoms with Crippen LogP contribution in [0.3, 0.4) is 0 Å². The Hall–Kier alpha value is -0.980. The fraction of sp³-hybridized carbons (Fsp3) is 0.733. The zero-order valence-corrected chi connectivity index (χ0v) is 13.3. The van der Waals surface area contributed by atoms with Gasteiger partial charge in [0.25, 0.3) is 0 Å². The normalized spacial score (nSPS) is 21.3. The lowest BCUT2D eigenvalue weighted by molar-refractivity contribution is -0.120. The topological polar surface area (TPSA) is 57.3 Å². The van der Waals surface area contributed by atoms with E-state index in [2.05, 4.69) is 25.9 Å². The van der Waals surface area contributed by atoms with Gasteiger partial charge in [0.1, 0.15) is 0 Å². The zero-order chi connectivity index (χ0) is 14.5. The molecule has 1 aromatic rings. The van der Waals surface area contributed by atoms with E-state index in [1.165, 1.54) is 32.4 Å². The third-order valence-corrected chi connectivity index (χ3v) is 5.13. The number of hydrogen-bond acceptors (Lipinski definition) is 5. The van der Waals surface area contributed by atoms with Gasteiger partial charge in [0.2, 0.25) is 5.91 Å². The molecule has 2 saturated heterocycles. The van der Waals surface area contributed by atoms with Crippen molar-refractivity contribution in [3.05, 3.63) is 11.1 Å². The van der Waals surface area contributed by atoms with Gasteiger partial charge in [0, 0.05) is 17.8 Å². The highest BCUT2D eigenvalue weighted by molar-refractivity contribution is 7.13. The van der Waals surface area contributed by atoms with E-state index in [4.69, 9.17) is 0 Å². The molecule has 0 radical (unpaired) electrons. The van der Waals surface area contributed by atoms with E-state index in [1.807, 2.05) is 0 Å². The summed E-state index contributed by atoms with van der Waals surface area (Å²) in [4.78, 5) is 19.2. The fourth-order valence-corrected chi connectivity index (χ4v) is 3.78. The molecule has 2 fully saturated rings. The number of thiazole rings is 1. The van der Waals surface area contributed by atoms with Crippen LogP contribution >= 0.6 is 11.3 Å². The van der Waals surface area contributed by atoms with Crippen LogP contribution < -0.4 is 10.6 Å². The lowest BCUT2D eigenvalue weighted by atomic mass is 9.97. The van der Waals surface area contributed by atoms with Crippen LogP contribution in [0.25, 0.3) is 0 Å². The Morgan fingerprint density at radius 2 is 2.10 bits per heavy atom. The largest absolute Gasteiger partial charge is 0.317 e. The maximum absolute atomic E-state index is 12.2. The number of piperidine rings is 2. The van der Waals surface area contributed by atoms with Gasteiger partial charge in [-0.25, -0.2) is 4.98 Å². The quantitative estimate of drug-likeness (QED) is 0.894. The second-order valence-corrected chi connectivity index (χ2v) is 6.85. The van der Waals surface area contributed by atoms with Gasteiger partial charge in [0.15, 0.2) is 5.13 Å². The summed E-state index contributed by atoms with van der Waals surface area (Å²) in [5.41, 5.74) is 1.09. The molecule has 2 aliphatic rings. The van der Waals surface area contributed by atoms with E-state index >= 15 is 0 Å². The highest BCUT2D eigenvalue weighted by atomic mass is 32.1. The van der Waals surface area contributed by atoms with Crippen LogP contribution in [0, 0.1) is 5.92 Å². The van der Waals surface area contributed by atoms with E-state index in [0.717, 1.165) is 43.3 Å². The molecule has 5 nitrogen and oxygen atoms in total. The summed E-state index contributed by atoms with van der Waals surface area (Å²) in [7, 11) is 0. The zero-order valence-electron chi connectivity index (χ0n) is 12.4. The smallest absolute Gasteiger partial charge is 0.229 e. The maximum Gasteiger partial charge on any atom is 0.229 e. The molecule has 0 saturated carbocycles. The summed E-state index contributed by atoms with van der Waals surface area (Å²) >= 11 is 1.55. The molecule has 0 aliphatic carbocycles. The van der Waals surface area contributed by atoms with Crippen molar-refractivity contribution in [2.45, 2.75) is 38.6 Å². The fourth-order valence-electron chi connectivity index (χ4n) is 3.08. The summed E-state index contributed by atoms with van der Waals surface area (Å²) < 4.78 is 0. The number of rotatable bonds is 4. The third kappa shape index (κ3) is 4.25. The van der Waals surface area contributed by atoms with E-state index < -0.39 is 0 Å². The highest BCUT2D eigenvalue weighted by Crippen LogP contribution is 2.21. The average molecular weight is 308 g/mol. The van der Waals surface area contributed by atoms with Crippen LogP contribution in [0.1, 0.15) is 37.8 Å². The van der Waals surface area contributed by atoms with Crippen molar-refractivity contribution in [3.8, 4) is 0 Å². The lowest BCUT2D eigenvalue weighted by Crippen LogP contribution is -2.34. The molecular formula is C15H24N4OS. The molecule has 3 heterocycles. The van der Waals surface area contributed by atoms with Gasteiger partial charge in [-0.15, -0.1) is 11.3 Å². The number of carbonyl (C=O) groups excluding carboxylic acids is 1. The number of hydrogen-bond donors (Lipinski definition) is 2. The van der Waals surface area contributed by atoms with Gasteiger partial charge in [-0.1, -0.05) is 6.42 Å². The predicted molar refractivity (Wildman–Crippen MR) is 85.5 cm³/mol. The summed E-state index contributed by atoms with van der Waals surface area (Å²) in [5.74, 6) is 0.274. The van der Waals surface area contributed by atoms with Gasteiger partial charge >= 0.3 is 0 Å². The van der Waals surface area contributed by atoms with Crippen molar-refractivity contribution in [1.82, 2.24) is 15.2 Å². The minimum Gasteiger partial charge on any atom is -0.317 e. The minimum absolute atomic E-state index is 0.135. The van der Waals surface area contributed by atoms with Crippen LogP contribution in [0.4, 0.5) is 5.13 Å². The van der Waals surface area contributed by atoms with Crippen LogP contribution in [0.5, 0.6) is 0 Å². The third-order valence-electron chi connectivity index (χ3n) is 4.33. The average Bonchev–Trinajstić information content (AvgIpc) is 2.96. The van der Waals surface area contributed by atoms with E-state index in [0.29, 0.717) is 0 Å². The highest BCUT2D eigenvalue weighted by Gasteiger charge is 2.21. The molecule has 1 amide bonds. The Bertz CT molecular complexity index is 464. The van der Waals surface area contributed by atoms with Gasteiger partial charge in [0.05, 0.1) is 5.69 Å². The number of anilines is 1. The molecule has 0 bridgehead atoms. The Morgan fingerprint density at radius 3 is 2.86 bits per heavy atom. The van der Waals surface area contributed by atoms with Crippen molar-refractivity contribution >= 4 is 22.4 Å². The molecule has 116 valence electrons. The molecule has 0 aromatic carbocycles. The molecule has 2 N–H and O–H groups in total. The summed E-state index contributed by atoms with van der Waals surface area (Å²) in [6.07, 6.45) is 5.80. The number of carbonyl (C=O) groups is 1. The molecule has 6 heteroatoms. The van der Waals surface area contributed by atoms with E-state index in [9.17, 15) is 4.79 Å². The minimum atomic E-state index is 0.135. The van der Waals surface area contributed by atoms with Crippen LogP contribution in [0.15, 0.2) is 5.38 Å². The summed E-state index contributed by atoms with van der Waals surface area (Å²) in [6, 6.07) is 0. The van der Waals surface area contributed by atoms with Gasteiger partial charge < -0.3 is 10.6 Å². The standard InChI is InChI=1S/C15H24N4OS/c20-14(12-4-6-16-7-5-12)18-15-17-13(11-21-15)10-19-8-2-1-3-9-19/h11-12,16H,1-10H2,(H,17,18,20). The Balaban J connectivity index is 1.50. The van der Waals surface area contributed by atoms with Crippen molar-refractivity contribution in [3.63, 3.8) is 0 Å². The van der Waals surface area contributed by atoms with Crippen molar-refractivity contribution in [2.75, 3.05) is 31.5 Å². The number of nitrogens with zero attached hydrogens (tertiary/aromatic N) is 2. The second kappa shape index (κ2) is 7.33. The van der Waals surface area contributed by atoms with E-state index in [1.54, 1.807) is 11.3 Å². The van der Waals surface area contributed by atoms with Gasteiger partial charge in [-0.3, -0.25) is 9.69 Å². The molecule has 0 unspecified atom stereocenters. The maximum atomic E-state index is 12.2. The number of likely N-dealkylation sites (tertiary alicyclic amines) is 1. The van der Waals surface area contributed by atoms with Crippen LogP contribution in [0.2, 0.25) is 0 Å². The molecule has 0 spiro atoms. The van der Waals surface area contributed by atoms with Crippen LogP contribution in [-0.2, 0) is 11.3 Å². The number of aromatic nitrogens is 1. The summed E-state index contributed by atoms with van der Waals surface area (Å²) in [6.45, 7) is 5.15. The first-order valence-electron chi connectivity index (χ1n) is 7.99. The molecule has 3 rings (SSSR count). The van der Waals surface area contributed by atoms with Crippen molar-refractivity contribution < 1.29 is 4.79 Å². The van der Waals surface area contributed by atoms with Crippen LogP contribution in [-0.4, -0.2) is 42.0 Å². The second-order valence-electron chi connectivity index (χ2n) is 5.99. The van der Waals surface area contributed by atoms with Crippen molar-refractivity contribution in [1.29, 1.82) is 0 Å². The Labute approximate surface area is 130 Å². The first kappa shape index (κ1) is 14.9. The summed E-state index contributed by atoms with van der Waals surface area (Å²) in [5, 5.41) is 9.11. The molecule has 0 atom stereocenters. The van der Waals surface area contributed by atoms with Gasteiger partial charge in [-0.05, 0) is 51.9 Å². The van der Waals surface area contributed by atoms with E-state index in [-0.39, 0.29) is 11.8 Å². The Morgan fingerprint density at radius 1 is 1.33 bits per heavy atom. The predicted octanol–water partition coefficient (Wildman–Crippen LogP) is 2.07. The van der Waals surface area contributed by atoms with Gasteiger partial charge in [-0.2, -0.15) is 0 Å². The molecule has 1 aromatic heterocycles. The lowest BCUT2D eigenvalue weighted by Gasteiger charge is -2.25. The number of nitrogens with one attached hydrogen (secondary N) is 2. The first-order valence-corrected chi connectivity index (χ1v) is 8.87. The molecule has 21 heavy (non-hydrogen) atoms. The van der Waals surface area contributed by atoms with Crippen molar-refractivity contribution in [2.24, 2.45) is 5.92 Å². The SMILES string of the molecule is O=C(Nc1nc(CN2CCCCC2)cs1)C1CCNCC1.